The molecule has 0 aliphatic heterocycles. The zero-order chi connectivity index (χ0) is 12.4. The van der Waals surface area contributed by atoms with Crippen LogP contribution in [-0.4, -0.2) is 25.6 Å². The number of pyridine rings is 1. The predicted molar refractivity (Wildman–Crippen MR) is 53.8 cm³/mol. The highest BCUT2D eigenvalue weighted by Gasteiger charge is 2.14. The molecule has 0 saturated carbocycles. The molecule has 2 heterocycles. The number of oxime groups is 1. The van der Waals surface area contributed by atoms with Gasteiger partial charge in [-0.2, -0.15) is 0 Å². The fourth-order valence-corrected chi connectivity index (χ4v) is 1.29. The number of rotatable bonds is 2. The lowest BCUT2D eigenvalue weighted by molar-refractivity contribution is 0.318. The summed E-state index contributed by atoms with van der Waals surface area (Å²) in [4.78, 5) is 7.35. The Labute approximate surface area is 94.0 Å². The second-order valence-electron chi connectivity index (χ2n) is 3.07. The number of hydrogen-bond donors (Lipinski definition) is 2. The molecule has 0 amide bonds. The maximum atomic E-state index is 13.5. The van der Waals surface area contributed by atoms with Crippen molar-refractivity contribution in [3.8, 4) is 5.82 Å². The molecule has 0 fully saturated rings. The van der Waals surface area contributed by atoms with Crippen molar-refractivity contribution in [2.24, 2.45) is 10.9 Å². The van der Waals surface area contributed by atoms with Crippen molar-refractivity contribution < 1.29 is 14.0 Å². The lowest BCUT2D eigenvalue weighted by atomic mass is 10.4. The zero-order valence-electron chi connectivity index (χ0n) is 8.38. The van der Waals surface area contributed by atoms with E-state index in [9.17, 15) is 8.78 Å². The van der Waals surface area contributed by atoms with Crippen LogP contribution in [0.2, 0.25) is 0 Å². The molecule has 2 aromatic rings. The largest absolute Gasteiger partial charge is 0.409 e. The van der Waals surface area contributed by atoms with Gasteiger partial charge in [-0.1, -0.05) is 5.16 Å². The van der Waals surface area contributed by atoms with Crippen molar-refractivity contribution in [2.45, 2.75) is 0 Å². The van der Waals surface area contributed by atoms with E-state index in [0.29, 0.717) is 6.07 Å². The molecule has 88 valence electrons. The Morgan fingerprint density at radius 3 is 2.82 bits per heavy atom. The average molecular weight is 239 g/mol. The van der Waals surface area contributed by atoms with E-state index < -0.39 is 11.6 Å². The van der Waals surface area contributed by atoms with Gasteiger partial charge in [0.2, 0.25) is 5.84 Å². The quantitative estimate of drug-likeness (QED) is 0.348. The molecule has 2 rings (SSSR count). The van der Waals surface area contributed by atoms with Crippen molar-refractivity contribution in [3.05, 3.63) is 42.1 Å². The average Bonchev–Trinajstić information content (AvgIpc) is 2.77. The number of halogens is 2. The van der Waals surface area contributed by atoms with Crippen molar-refractivity contribution in [2.75, 3.05) is 0 Å². The Balaban J connectivity index is 2.58. The van der Waals surface area contributed by atoms with Gasteiger partial charge in [-0.15, -0.1) is 0 Å². The van der Waals surface area contributed by atoms with Gasteiger partial charge in [-0.05, 0) is 0 Å². The third kappa shape index (κ3) is 1.92. The number of nitrogens with two attached hydrogens (primary N) is 1. The van der Waals surface area contributed by atoms with E-state index in [1.54, 1.807) is 0 Å². The second-order valence-corrected chi connectivity index (χ2v) is 3.07. The molecule has 0 aliphatic carbocycles. The Morgan fingerprint density at radius 1 is 1.41 bits per heavy atom. The maximum Gasteiger partial charge on any atom is 0.206 e. The van der Waals surface area contributed by atoms with Gasteiger partial charge in [0, 0.05) is 18.5 Å². The Hall–Kier alpha value is -2.51. The summed E-state index contributed by atoms with van der Waals surface area (Å²) in [5.74, 6) is -2.16. The van der Waals surface area contributed by atoms with Gasteiger partial charge in [0.1, 0.15) is 5.82 Å². The van der Waals surface area contributed by atoms with Crippen LogP contribution in [0.25, 0.3) is 5.82 Å². The first-order chi connectivity index (χ1) is 8.13. The fraction of sp³-hybridized carbons (Fsp3) is 0. The summed E-state index contributed by atoms with van der Waals surface area (Å²) in [6.07, 6.45) is 3.53. The summed E-state index contributed by atoms with van der Waals surface area (Å²) in [5, 5.41) is 11.3. The molecular weight excluding hydrogens is 232 g/mol. The summed E-state index contributed by atoms with van der Waals surface area (Å²) in [6, 6.07) is 0.679. The summed E-state index contributed by atoms with van der Waals surface area (Å²) in [6.45, 7) is 0. The van der Waals surface area contributed by atoms with Gasteiger partial charge >= 0.3 is 0 Å². The standard InChI is InChI=1S/C9H7F2N5O/c10-5-3-6(11)8(14-4-5)16-2-1-13-9(16)7(12)15-17/h1-4,17H,(H2,12,15). The summed E-state index contributed by atoms with van der Waals surface area (Å²) in [7, 11) is 0. The highest BCUT2D eigenvalue weighted by Crippen LogP contribution is 2.13. The van der Waals surface area contributed by atoms with Gasteiger partial charge in [-0.25, -0.2) is 18.7 Å². The molecule has 0 radical (unpaired) electrons. The molecule has 0 aromatic carbocycles. The molecule has 0 bridgehead atoms. The van der Waals surface area contributed by atoms with E-state index in [-0.39, 0.29) is 17.5 Å². The minimum absolute atomic E-state index is 0.00510. The zero-order valence-corrected chi connectivity index (χ0v) is 8.38. The van der Waals surface area contributed by atoms with Crippen molar-refractivity contribution in [1.82, 2.24) is 14.5 Å². The van der Waals surface area contributed by atoms with Gasteiger partial charge < -0.3 is 10.9 Å². The van der Waals surface area contributed by atoms with Gasteiger partial charge in [0.05, 0.1) is 6.20 Å². The van der Waals surface area contributed by atoms with Gasteiger partial charge in [0.15, 0.2) is 17.5 Å². The number of imidazole rings is 1. The van der Waals surface area contributed by atoms with Crippen molar-refractivity contribution >= 4 is 5.84 Å². The first-order valence-corrected chi connectivity index (χ1v) is 4.46. The smallest absolute Gasteiger partial charge is 0.206 e. The van der Waals surface area contributed by atoms with Crippen molar-refractivity contribution in [3.63, 3.8) is 0 Å². The third-order valence-corrected chi connectivity index (χ3v) is 1.99. The molecular formula is C9H7F2N5O. The van der Waals surface area contributed by atoms with Crippen LogP contribution in [0, 0.1) is 11.6 Å². The van der Waals surface area contributed by atoms with E-state index in [1.165, 1.54) is 12.4 Å². The Morgan fingerprint density at radius 2 is 2.18 bits per heavy atom. The normalized spacial score (nSPS) is 11.8. The van der Waals surface area contributed by atoms with E-state index >= 15 is 0 Å². The van der Waals surface area contributed by atoms with E-state index in [4.69, 9.17) is 10.9 Å². The molecule has 8 heteroatoms. The van der Waals surface area contributed by atoms with Crippen LogP contribution in [-0.2, 0) is 0 Å². The van der Waals surface area contributed by atoms with E-state index in [0.717, 1.165) is 10.8 Å². The number of aromatic nitrogens is 3. The van der Waals surface area contributed by atoms with E-state index in [2.05, 4.69) is 15.1 Å². The monoisotopic (exact) mass is 239 g/mol. The molecule has 0 aliphatic rings. The highest BCUT2D eigenvalue weighted by molar-refractivity contribution is 5.94. The van der Waals surface area contributed by atoms with Crippen LogP contribution in [0.1, 0.15) is 5.82 Å². The molecule has 0 saturated heterocycles. The minimum Gasteiger partial charge on any atom is -0.409 e. The topological polar surface area (TPSA) is 89.3 Å². The van der Waals surface area contributed by atoms with Crippen LogP contribution < -0.4 is 5.73 Å². The number of nitrogens with zero attached hydrogens (tertiary/aromatic N) is 4. The molecule has 2 aromatic heterocycles. The maximum absolute atomic E-state index is 13.5. The summed E-state index contributed by atoms with van der Waals surface area (Å²) in [5.41, 5.74) is 5.35. The first-order valence-electron chi connectivity index (χ1n) is 4.46. The second kappa shape index (κ2) is 4.16. The van der Waals surface area contributed by atoms with Crippen LogP contribution in [0.5, 0.6) is 0 Å². The Bertz CT molecular complexity index is 581. The van der Waals surface area contributed by atoms with Crippen LogP contribution in [0.15, 0.2) is 29.8 Å². The number of amidine groups is 1. The highest BCUT2D eigenvalue weighted by atomic mass is 19.1. The summed E-state index contributed by atoms with van der Waals surface area (Å²) < 4.78 is 27.3. The molecule has 0 spiro atoms. The van der Waals surface area contributed by atoms with Gasteiger partial charge in [-0.3, -0.25) is 4.57 Å². The lowest BCUT2D eigenvalue weighted by Crippen LogP contribution is -2.19. The first kappa shape index (κ1) is 11.0. The molecule has 3 N–H and O–H groups in total. The molecule has 17 heavy (non-hydrogen) atoms. The van der Waals surface area contributed by atoms with Crippen LogP contribution >= 0.6 is 0 Å². The molecule has 0 atom stereocenters. The van der Waals surface area contributed by atoms with Crippen molar-refractivity contribution in [1.29, 1.82) is 0 Å². The van der Waals surface area contributed by atoms with Gasteiger partial charge in [0.25, 0.3) is 0 Å². The minimum atomic E-state index is -0.880. The SMILES string of the molecule is N/C(=N/O)c1nccn1-c1ncc(F)cc1F. The van der Waals surface area contributed by atoms with E-state index in [1.807, 2.05) is 0 Å². The fourth-order valence-electron chi connectivity index (χ4n) is 1.29. The lowest BCUT2D eigenvalue weighted by Gasteiger charge is -2.06. The van der Waals surface area contributed by atoms with Crippen LogP contribution in [0.3, 0.4) is 0 Å². The third-order valence-electron chi connectivity index (χ3n) is 1.99. The molecule has 6 nitrogen and oxygen atoms in total. The summed E-state index contributed by atoms with van der Waals surface area (Å²) >= 11 is 0. The molecule has 0 unspecified atom stereocenters. The predicted octanol–water partition coefficient (Wildman–Crippen LogP) is 0.640. The Kier molecular flexibility index (Phi) is 2.69. The number of hydrogen-bond acceptors (Lipinski definition) is 4. The van der Waals surface area contributed by atoms with Crippen LogP contribution in [0.4, 0.5) is 8.78 Å².